The van der Waals surface area contributed by atoms with Crippen LogP contribution in [0.1, 0.15) is 153 Å². The Morgan fingerprint density at radius 3 is 0.926 bits per heavy atom. The van der Waals surface area contributed by atoms with Gasteiger partial charge in [0.1, 0.15) is 5.69 Å². The molecule has 0 fully saturated rings. The first-order chi connectivity index (χ1) is 21.4. The Hall–Kier alpha value is -0.828. The molecule has 3 heterocycles. The maximum absolute atomic E-state index is 10.2. The van der Waals surface area contributed by atoms with Crippen molar-refractivity contribution in [3.8, 4) is 0 Å². The van der Waals surface area contributed by atoms with Gasteiger partial charge in [0.15, 0.2) is 0 Å². The number of carboxylic acids is 3. The molecule has 0 unspecified atom stereocenters. The van der Waals surface area contributed by atoms with E-state index in [1.54, 1.807) is 18.2 Å². The quantitative estimate of drug-likeness (QED) is 0.218. The standard InChI is InChI=1S/3C6H5NO2.6C3H8.6CH3.3Y/c8-6(9)5-1-3-7-4-2-5;8-6(9)5-2-1-3-7-4-5;8-6(9)5-3-1-2-4-7-5;6*1-3-2;;;;;;;;;/h3*1-4H,(H,8,9);6*3H2,1-2H3;6*1H3;;;/q;;;;;;;;;6*-1;;;. The molecular weight excluding hydrogens is 909 g/mol. The summed E-state index contributed by atoms with van der Waals surface area (Å²) in [6.07, 6.45) is 14.7. The van der Waals surface area contributed by atoms with E-state index in [2.05, 4.69) is 98.0 Å². The van der Waals surface area contributed by atoms with Gasteiger partial charge in [0.2, 0.25) is 0 Å². The Morgan fingerprint density at radius 1 is 0.426 bits per heavy atom. The normalized spacial score (nSPS) is 6.44. The van der Waals surface area contributed by atoms with E-state index in [9.17, 15) is 14.4 Å². The minimum Gasteiger partial charge on any atom is -0.478 e. The number of nitrogens with zero attached hydrogens (tertiary/aromatic N) is 3. The molecule has 3 aromatic rings. The monoisotopic (exact) mass is 990 g/mol. The zero-order valence-corrected chi connectivity index (χ0v) is 46.3. The third-order valence-electron chi connectivity index (χ3n) is 2.72. The molecule has 3 rings (SSSR count). The predicted molar refractivity (Wildman–Crippen MR) is 228 cm³/mol. The molecule has 0 aliphatic carbocycles. The average molecular weight is 991 g/mol. The number of aromatic carboxylic acids is 3. The molecule has 0 aliphatic heterocycles. The molecule has 3 radical (unpaired) electrons. The van der Waals surface area contributed by atoms with Crippen molar-refractivity contribution in [2.24, 2.45) is 0 Å². The molecule has 0 aliphatic rings. The van der Waals surface area contributed by atoms with Crippen LogP contribution in [0.4, 0.5) is 0 Å². The fourth-order valence-corrected chi connectivity index (χ4v) is 1.47. The summed E-state index contributed by atoms with van der Waals surface area (Å²) in [6, 6.07) is 10.7. The average Bonchev–Trinajstić information content (AvgIpc) is 3.02. The van der Waals surface area contributed by atoms with Gasteiger partial charge in [0.05, 0.1) is 11.1 Å². The molecule has 12 heteroatoms. The van der Waals surface area contributed by atoms with Crippen LogP contribution >= 0.6 is 0 Å². The van der Waals surface area contributed by atoms with Crippen molar-refractivity contribution in [3.05, 3.63) is 135 Å². The molecular formula is C42H81N3O6Y3-6. The SMILES string of the molecule is CCC.CCC.CCC.CCC.CCC.CCC.O=C(O)c1ccccn1.O=C(O)c1cccnc1.O=C(O)c1ccncc1.[CH3-].[CH3-].[CH3-].[CH3-].[CH3-].[CH3-].[Y].[Y].[Y]. The minimum absolute atomic E-state index is 0. The Kier molecular flexibility index (Phi) is 172. The van der Waals surface area contributed by atoms with Gasteiger partial charge in [-0.05, 0) is 36.4 Å². The van der Waals surface area contributed by atoms with Crippen LogP contribution in [0.25, 0.3) is 0 Å². The van der Waals surface area contributed by atoms with Crippen LogP contribution < -0.4 is 0 Å². The second kappa shape index (κ2) is 93.8. The molecule has 9 nitrogen and oxygen atoms in total. The number of hydrogen-bond acceptors (Lipinski definition) is 6. The largest absolute Gasteiger partial charge is 0.478 e. The van der Waals surface area contributed by atoms with Crippen LogP contribution in [-0.4, -0.2) is 48.2 Å². The van der Waals surface area contributed by atoms with E-state index in [1.807, 2.05) is 0 Å². The van der Waals surface area contributed by atoms with Crippen molar-refractivity contribution in [3.63, 3.8) is 0 Å². The second-order valence-electron chi connectivity index (χ2n) is 8.85. The van der Waals surface area contributed by atoms with Gasteiger partial charge in [0.25, 0.3) is 0 Å². The van der Waals surface area contributed by atoms with E-state index >= 15 is 0 Å². The first-order valence-electron chi connectivity index (χ1n) is 15.8. The zero-order chi connectivity index (χ0) is 36.3. The summed E-state index contributed by atoms with van der Waals surface area (Å²) in [5, 5.41) is 25.0. The van der Waals surface area contributed by atoms with Crippen LogP contribution in [-0.2, 0) is 98.1 Å². The van der Waals surface area contributed by atoms with Gasteiger partial charge < -0.3 is 59.9 Å². The van der Waals surface area contributed by atoms with Crippen LogP contribution in [0.5, 0.6) is 0 Å². The third-order valence-corrected chi connectivity index (χ3v) is 2.72. The minimum atomic E-state index is -0.990. The molecule has 54 heavy (non-hydrogen) atoms. The van der Waals surface area contributed by atoms with Gasteiger partial charge in [-0.3, -0.25) is 9.97 Å². The summed E-state index contributed by atoms with van der Waals surface area (Å²) in [4.78, 5) is 41.3. The molecule has 3 aromatic heterocycles. The summed E-state index contributed by atoms with van der Waals surface area (Å²) in [5.74, 6) is -2.85. The molecule has 0 saturated carbocycles. The number of carboxylic acid groups (broad SMARTS) is 3. The summed E-state index contributed by atoms with van der Waals surface area (Å²) < 4.78 is 0. The third kappa shape index (κ3) is 104. The van der Waals surface area contributed by atoms with Gasteiger partial charge in [-0.25, -0.2) is 19.4 Å². The van der Waals surface area contributed by atoms with Crippen molar-refractivity contribution in [1.29, 1.82) is 0 Å². The fourth-order valence-electron chi connectivity index (χ4n) is 1.47. The summed E-state index contributed by atoms with van der Waals surface area (Å²) in [7, 11) is 0. The maximum Gasteiger partial charge on any atom is 0.354 e. The van der Waals surface area contributed by atoms with Gasteiger partial charge in [-0.15, -0.1) is 0 Å². The van der Waals surface area contributed by atoms with Crippen molar-refractivity contribution < 1.29 is 128 Å². The Balaban J connectivity index is -0.0000000251. The summed E-state index contributed by atoms with van der Waals surface area (Å²) in [6.45, 7) is 25.5. The summed E-state index contributed by atoms with van der Waals surface area (Å²) >= 11 is 0. The van der Waals surface area contributed by atoms with Crippen molar-refractivity contribution in [2.75, 3.05) is 0 Å². The van der Waals surface area contributed by atoms with Crippen LogP contribution in [0.15, 0.2) is 73.4 Å². The van der Waals surface area contributed by atoms with Crippen molar-refractivity contribution in [1.82, 2.24) is 15.0 Å². The van der Waals surface area contributed by atoms with Crippen LogP contribution in [0, 0.1) is 44.6 Å². The Bertz CT molecular complexity index is 844. The molecule has 0 bridgehead atoms. The predicted octanol–water partition coefficient (Wildman–Crippen LogP) is 13.5. The van der Waals surface area contributed by atoms with Crippen molar-refractivity contribution in [2.45, 2.75) is 122 Å². The topological polar surface area (TPSA) is 151 Å². The number of aromatic nitrogens is 3. The van der Waals surface area contributed by atoms with Gasteiger partial charge in [-0.2, -0.15) is 0 Å². The van der Waals surface area contributed by atoms with E-state index in [-0.39, 0.29) is 160 Å². The van der Waals surface area contributed by atoms with E-state index in [1.165, 1.54) is 93.8 Å². The first kappa shape index (κ1) is 99.3. The molecule has 3 N–H and O–H groups in total. The van der Waals surface area contributed by atoms with Crippen molar-refractivity contribution >= 4 is 17.9 Å². The second-order valence-corrected chi connectivity index (χ2v) is 8.85. The molecule has 0 saturated heterocycles. The molecule has 0 spiro atoms. The Labute approximate surface area is 412 Å². The molecule has 0 aromatic carbocycles. The number of carbonyl (C=O) groups is 3. The maximum atomic E-state index is 10.2. The van der Waals surface area contributed by atoms with E-state index in [0.29, 0.717) is 0 Å². The van der Waals surface area contributed by atoms with Crippen LogP contribution in [0.3, 0.4) is 0 Å². The fraction of sp³-hybridized carbons (Fsp3) is 0.429. The van der Waals surface area contributed by atoms with E-state index in [4.69, 9.17) is 15.3 Å². The van der Waals surface area contributed by atoms with Gasteiger partial charge >= 0.3 is 17.9 Å². The number of hydrogen-bond donors (Lipinski definition) is 3. The van der Waals surface area contributed by atoms with E-state index in [0.717, 1.165) is 0 Å². The van der Waals surface area contributed by atoms with Gasteiger partial charge in [-0.1, -0.05) is 128 Å². The van der Waals surface area contributed by atoms with Crippen LogP contribution in [0.2, 0.25) is 0 Å². The smallest absolute Gasteiger partial charge is 0.354 e. The first-order valence-corrected chi connectivity index (χ1v) is 15.8. The number of pyridine rings is 3. The summed E-state index contributed by atoms with van der Waals surface area (Å²) in [5.41, 5.74) is 0.569. The zero-order valence-electron chi connectivity index (χ0n) is 37.8. The molecule has 0 atom stereocenters. The van der Waals surface area contributed by atoms with E-state index < -0.39 is 17.9 Å². The molecule has 315 valence electrons. The number of rotatable bonds is 3. The Morgan fingerprint density at radius 2 is 0.759 bits per heavy atom. The molecule has 0 amide bonds. The van der Waals surface area contributed by atoms with Gasteiger partial charge in [0, 0.05) is 129 Å².